The molecule has 1 N–H and O–H groups in total. The first-order valence-corrected chi connectivity index (χ1v) is 4.81. The maximum absolute atomic E-state index is 4.55. The van der Waals surface area contributed by atoms with Gasteiger partial charge in [-0.1, -0.05) is 0 Å². The molecular weight excluding hydrogens is 247 g/mol. The topological polar surface area (TPSA) is 42.2 Å². The van der Waals surface area contributed by atoms with Crippen molar-refractivity contribution in [2.24, 2.45) is 0 Å². The van der Waals surface area contributed by atoms with Crippen LogP contribution in [-0.4, -0.2) is 14.6 Å². The van der Waals surface area contributed by atoms with E-state index in [4.69, 9.17) is 0 Å². The quantitative estimate of drug-likeness (QED) is 0.786. The number of hydrogen-bond donors (Lipinski definition) is 1. The first kappa shape index (κ1) is 13.2. The summed E-state index contributed by atoms with van der Waals surface area (Å²) in [5.41, 5.74) is 5.78. The Labute approximate surface area is 106 Å². The molecule has 0 spiro atoms. The molecule has 0 atom stereocenters. The molecule has 0 saturated heterocycles. The highest BCUT2D eigenvalue weighted by Crippen LogP contribution is 2.20. The second kappa shape index (κ2) is 4.57. The molecule has 0 amide bonds. The summed E-state index contributed by atoms with van der Waals surface area (Å²) < 4.78 is 1.96. The van der Waals surface area contributed by atoms with Crippen molar-refractivity contribution in [1.29, 1.82) is 0 Å². The molecule has 2 aromatic rings. The Balaban J connectivity index is 0.000000640. The monoisotopic (exact) mass is 260 g/mol. The van der Waals surface area contributed by atoms with Gasteiger partial charge in [-0.2, -0.15) is 5.10 Å². The van der Waals surface area contributed by atoms with Gasteiger partial charge in [-0.3, -0.25) is 0 Å². The van der Waals surface area contributed by atoms with E-state index in [1.54, 1.807) is 0 Å². The van der Waals surface area contributed by atoms with E-state index in [0.29, 0.717) is 0 Å². The lowest BCUT2D eigenvalue weighted by Gasteiger charge is -2.02. The molecule has 4 nitrogen and oxygen atoms in total. The summed E-state index contributed by atoms with van der Waals surface area (Å²) >= 11 is 0. The van der Waals surface area contributed by atoms with E-state index in [9.17, 15) is 0 Å². The molecule has 3 rings (SSSR count). The Kier molecular flexibility index (Phi) is 3.78. The fraction of sp³-hybridized carbons (Fsp3) is 0.400. The largest absolute Gasteiger partial charge is 0.307 e. The normalized spacial score (nSPS) is 13.1. The Morgan fingerprint density at radius 3 is 2.75 bits per heavy atom. The van der Waals surface area contributed by atoms with E-state index in [-0.39, 0.29) is 24.8 Å². The molecule has 0 radical (unpaired) electrons. The van der Waals surface area contributed by atoms with Gasteiger partial charge in [0, 0.05) is 30.5 Å². The number of aromatic nitrogens is 3. The van der Waals surface area contributed by atoms with Crippen LogP contribution < -0.4 is 5.32 Å². The van der Waals surface area contributed by atoms with E-state index in [2.05, 4.69) is 29.2 Å². The molecule has 0 fully saturated rings. The molecule has 1 aliphatic rings. The van der Waals surface area contributed by atoms with Gasteiger partial charge in [-0.05, 0) is 19.4 Å². The molecule has 1 aliphatic heterocycles. The molecule has 6 heteroatoms. The number of nitrogens with one attached hydrogen (secondary N) is 1. The van der Waals surface area contributed by atoms with Crippen LogP contribution in [0.2, 0.25) is 0 Å². The highest BCUT2D eigenvalue weighted by molar-refractivity contribution is 5.85. The van der Waals surface area contributed by atoms with Crippen molar-refractivity contribution in [2.75, 3.05) is 0 Å². The zero-order chi connectivity index (χ0) is 9.71. The number of rotatable bonds is 0. The minimum atomic E-state index is 0. The molecule has 0 aromatic carbocycles. The molecule has 2 aromatic heterocycles. The summed E-state index contributed by atoms with van der Waals surface area (Å²) in [6, 6.07) is 0. The third-order valence-electron chi connectivity index (χ3n) is 2.90. The third kappa shape index (κ3) is 1.67. The first-order chi connectivity index (χ1) is 6.77. The van der Waals surface area contributed by atoms with Gasteiger partial charge in [0.2, 0.25) is 0 Å². The average molecular weight is 261 g/mol. The van der Waals surface area contributed by atoms with Crippen molar-refractivity contribution in [3.63, 3.8) is 0 Å². The third-order valence-corrected chi connectivity index (χ3v) is 2.90. The predicted molar refractivity (Wildman–Crippen MR) is 67.5 cm³/mol. The zero-order valence-corrected chi connectivity index (χ0v) is 10.8. The molecule has 88 valence electrons. The summed E-state index contributed by atoms with van der Waals surface area (Å²) in [6.45, 7) is 5.91. The summed E-state index contributed by atoms with van der Waals surface area (Å²) in [5, 5.41) is 7.82. The SMILES string of the molecule is Cc1cnc2c3c(nn2c1C)CNC3.Cl.Cl. The van der Waals surface area contributed by atoms with Crippen molar-refractivity contribution in [2.45, 2.75) is 26.9 Å². The molecule has 0 bridgehead atoms. The van der Waals surface area contributed by atoms with Crippen LogP contribution in [0.1, 0.15) is 22.5 Å². The maximum Gasteiger partial charge on any atom is 0.160 e. The molecule has 16 heavy (non-hydrogen) atoms. The number of halogens is 2. The smallest absolute Gasteiger partial charge is 0.160 e. The standard InChI is InChI=1S/C10H12N4.2ClH/c1-6-3-12-10-8-4-11-5-9(8)13-14(10)7(6)2;;/h3,11H,4-5H2,1-2H3;2*1H. The summed E-state index contributed by atoms with van der Waals surface area (Å²) in [7, 11) is 0. The lowest BCUT2D eigenvalue weighted by Crippen LogP contribution is -2.06. The van der Waals surface area contributed by atoms with Crippen molar-refractivity contribution in [1.82, 2.24) is 19.9 Å². The molecular formula is C10H14Cl2N4. The van der Waals surface area contributed by atoms with Gasteiger partial charge in [0.25, 0.3) is 0 Å². The van der Waals surface area contributed by atoms with Crippen LogP contribution >= 0.6 is 24.8 Å². The van der Waals surface area contributed by atoms with Gasteiger partial charge in [0.1, 0.15) is 0 Å². The fourth-order valence-corrected chi connectivity index (χ4v) is 1.90. The Morgan fingerprint density at radius 2 is 2.00 bits per heavy atom. The molecule has 0 saturated carbocycles. The number of hydrogen-bond acceptors (Lipinski definition) is 3. The minimum absolute atomic E-state index is 0. The van der Waals surface area contributed by atoms with Crippen LogP contribution in [0.25, 0.3) is 5.65 Å². The van der Waals surface area contributed by atoms with Crippen LogP contribution in [0.5, 0.6) is 0 Å². The van der Waals surface area contributed by atoms with Gasteiger partial charge in [-0.25, -0.2) is 9.50 Å². The summed E-state index contributed by atoms with van der Waals surface area (Å²) in [4.78, 5) is 4.43. The fourth-order valence-electron chi connectivity index (χ4n) is 1.90. The van der Waals surface area contributed by atoms with Crippen LogP contribution in [0, 0.1) is 13.8 Å². The number of nitrogens with zero attached hydrogens (tertiary/aromatic N) is 3. The second-order valence-electron chi connectivity index (χ2n) is 3.79. The van der Waals surface area contributed by atoms with Gasteiger partial charge in [0.05, 0.1) is 5.69 Å². The first-order valence-electron chi connectivity index (χ1n) is 4.81. The van der Waals surface area contributed by atoms with Crippen molar-refractivity contribution in [3.8, 4) is 0 Å². The molecule has 0 unspecified atom stereocenters. The van der Waals surface area contributed by atoms with E-state index in [1.165, 1.54) is 16.8 Å². The van der Waals surface area contributed by atoms with E-state index in [1.807, 2.05) is 10.7 Å². The highest BCUT2D eigenvalue weighted by atomic mass is 35.5. The Morgan fingerprint density at radius 1 is 1.25 bits per heavy atom. The van der Waals surface area contributed by atoms with Gasteiger partial charge in [0.15, 0.2) is 5.65 Å². The Bertz CT molecular complexity index is 521. The van der Waals surface area contributed by atoms with E-state index >= 15 is 0 Å². The van der Waals surface area contributed by atoms with Crippen LogP contribution in [0.3, 0.4) is 0 Å². The van der Waals surface area contributed by atoms with E-state index in [0.717, 1.165) is 24.4 Å². The average Bonchev–Trinajstić information content (AvgIpc) is 2.71. The van der Waals surface area contributed by atoms with Crippen LogP contribution in [0.15, 0.2) is 6.20 Å². The van der Waals surface area contributed by atoms with Crippen LogP contribution in [-0.2, 0) is 13.1 Å². The maximum atomic E-state index is 4.55. The summed E-state index contributed by atoms with van der Waals surface area (Å²) in [6.07, 6.45) is 1.92. The van der Waals surface area contributed by atoms with Crippen LogP contribution in [0.4, 0.5) is 0 Å². The molecule has 3 heterocycles. The van der Waals surface area contributed by atoms with Gasteiger partial charge >= 0.3 is 0 Å². The van der Waals surface area contributed by atoms with Crippen molar-refractivity contribution >= 4 is 30.5 Å². The summed E-state index contributed by atoms with van der Waals surface area (Å²) in [5.74, 6) is 0. The molecule has 0 aliphatic carbocycles. The van der Waals surface area contributed by atoms with Gasteiger partial charge < -0.3 is 5.32 Å². The predicted octanol–water partition coefficient (Wildman–Crippen LogP) is 1.79. The highest BCUT2D eigenvalue weighted by Gasteiger charge is 2.19. The van der Waals surface area contributed by atoms with Gasteiger partial charge in [-0.15, -0.1) is 24.8 Å². The Hall–Kier alpha value is -0.840. The lowest BCUT2D eigenvalue weighted by atomic mass is 10.2. The van der Waals surface area contributed by atoms with Crippen molar-refractivity contribution < 1.29 is 0 Å². The lowest BCUT2D eigenvalue weighted by molar-refractivity contribution is 0.727. The van der Waals surface area contributed by atoms with Crippen molar-refractivity contribution in [3.05, 3.63) is 28.7 Å². The number of fused-ring (bicyclic) bond motifs is 3. The second-order valence-corrected chi connectivity index (χ2v) is 3.79. The van der Waals surface area contributed by atoms with E-state index < -0.39 is 0 Å². The minimum Gasteiger partial charge on any atom is -0.307 e. The zero-order valence-electron chi connectivity index (χ0n) is 9.15. The number of aryl methyl sites for hydroxylation is 2.